The lowest BCUT2D eigenvalue weighted by Crippen LogP contribution is -2.67. The third kappa shape index (κ3) is 7.10. The Bertz CT molecular complexity index is 1250. The van der Waals surface area contributed by atoms with Crippen LogP contribution in [0.3, 0.4) is 0 Å². The molecule has 0 bridgehead atoms. The average molecular weight is 600 g/mol. The van der Waals surface area contributed by atoms with Gasteiger partial charge >= 0.3 is 0 Å². The molecular weight excluding hydrogens is 549 g/mol. The van der Waals surface area contributed by atoms with Gasteiger partial charge in [-0.15, -0.1) is 10.2 Å². The number of carbonyl (C=O) groups excluding carboxylic acids is 1. The van der Waals surface area contributed by atoms with E-state index < -0.39 is 5.82 Å². The highest BCUT2D eigenvalue weighted by Crippen LogP contribution is 2.47. The molecule has 3 heterocycles. The molecule has 10 nitrogen and oxygen atoms in total. The molecular formula is C32H50FN7O3. The second-order valence-electron chi connectivity index (χ2n) is 13.4. The molecule has 1 aromatic carbocycles. The zero-order chi connectivity index (χ0) is 31.5. The molecule has 2 saturated heterocycles. The largest absolute Gasteiger partial charge is 0.434 e. The van der Waals surface area contributed by atoms with Crippen molar-refractivity contribution in [3.63, 3.8) is 0 Å². The standard InChI is InChI=1S/C32H50FN7O3/c1-10-40(23(4)5)30(41)26-15-24(33)11-12-27(26)43-29-28(34-21-35-36-29)38-14-13-32(18-38)19-39(20-32)31(6,22(2)3)16-25(42-9)17-37(7)8/h11-12,15,21-23,25H,10,13-14,16-20H2,1-9H3/t25-,31?/m0/s1. The number of aromatic nitrogens is 3. The van der Waals surface area contributed by atoms with E-state index in [0.29, 0.717) is 18.3 Å². The zero-order valence-corrected chi connectivity index (χ0v) is 27.4. The predicted molar refractivity (Wildman–Crippen MR) is 166 cm³/mol. The monoisotopic (exact) mass is 599 g/mol. The van der Waals surface area contributed by atoms with Gasteiger partial charge in [-0.25, -0.2) is 9.37 Å². The Morgan fingerprint density at radius 1 is 1.19 bits per heavy atom. The highest BCUT2D eigenvalue weighted by atomic mass is 19.1. The molecule has 11 heteroatoms. The van der Waals surface area contributed by atoms with Crippen molar-refractivity contribution < 1.29 is 18.7 Å². The van der Waals surface area contributed by atoms with Crippen LogP contribution in [-0.4, -0.2) is 114 Å². The van der Waals surface area contributed by atoms with Gasteiger partial charge in [0.1, 0.15) is 17.9 Å². The van der Waals surface area contributed by atoms with Crippen molar-refractivity contribution in [2.75, 3.05) is 65.4 Å². The number of likely N-dealkylation sites (N-methyl/N-ethyl adjacent to an activating group) is 1. The number of halogens is 1. The van der Waals surface area contributed by atoms with Gasteiger partial charge in [0.05, 0.1) is 11.7 Å². The molecule has 0 N–H and O–H groups in total. The summed E-state index contributed by atoms with van der Waals surface area (Å²) in [6.45, 7) is 17.8. The fourth-order valence-electron chi connectivity index (χ4n) is 6.62. The summed E-state index contributed by atoms with van der Waals surface area (Å²) in [6, 6.07) is 3.93. The van der Waals surface area contributed by atoms with E-state index in [9.17, 15) is 9.18 Å². The average Bonchev–Trinajstić information content (AvgIpc) is 3.39. The second kappa shape index (κ2) is 13.4. The van der Waals surface area contributed by atoms with Crippen LogP contribution >= 0.6 is 0 Å². The molecule has 2 fully saturated rings. The first-order valence-electron chi connectivity index (χ1n) is 15.5. The van der Waals surface area contributed by atoms with Crippen molar-refractivity contribution >= 4 is 11.7 Å². The van der Waals surface area contributed by atoms with Crippen LogP contribution < -0.4 is 9.64 Å². The molecule has 2 aromatic rings. The maximum atomic E-state index is 14.3. The van der Waals surface area contributed by atoms with Gasteiger partial charge in [0.15, 0.2) is 5.82 Å². The van der Waals surface area contributed by atoms with Gasteiger partial charge in [-0.3, -0.25) is 9.69 Å². The number of anilines is 1. The van der Waals surface area contributed by atoms with Crippen LogP contribution in [0.1, 0.15) is 64.7 Å². The number of carbonyl (C=O) groups is 1. The minimum absolute atomic E-state index is 0.0218. The van der Waals surface area contributed by atoms with Crippen molar-refractivity contribution in [3.05, 3.63) is 35.9 Å². The van der Waals surface area contributed by atoms with Gasteiger partial charge in [-0.2, -0.15) is 0 Å². The van der Waals surface area contributed by atoms with Gasteiger partial charge in [-0.1, -0.05) is 13.8 Å². The van der Waals surface area contributed by atoms with E-state index in [1.165, 1.54) is 24.5 Å². The Labute approximate surface area is 256 Å². The predicted octanol–water partition coefficient (Wildman–Crippen LogP) is 4.57. The SMILES string of the molecule is CCN(C(=O)c1cc(F)ccc1Oc1nncnc1N1CCC2(C1)CN(C(C)(C[C@@H](CN(C)C)OC)C(C)C)C2)C(C)C. The summed E-state index contributed by atoms with van der Waals surface area (Å²) < 4.78 is 26.4. The topological polar surface area (TPSA) is 87.2 Å². The molecule has 1 aromatic heterocycles. The van der Waals surface area contributed by atoms with Crippen LogP contribution in [0, 0.1) is 17.2 Å². The minimum atomic E-state index is -0.504. The molecule has 0 aliphatic carbocycles. The summed E-state index contributed by atoms with van der Waals surface area (Å²) in [5.74, 6) is 0.700. The molecule has 0 saturated carbocycles. The number of hydrogen-bond acceptors (Lipinski definition) is 9. The van der Waals surface area contributed by atoms with Crippen LogP contribution in [0.25, 0.3) is 0 Å². The summed E-state index contributed by atoms with van der Waals surface area (Å²) in [4.78, 5) is 26.6. The van der Waals surface area contributed by atoms with Gasteiger partial charge in [0, 0.05) is 63.4 Å². The molecule has 2 aliphatic rings. The first-order chi connectivity index (χ1) is 20.3. The maximum absolute atomic E-state index is 14.3. The van der Waals surface area contributed by atoms with Crippen LogP contribution in [0.5, 0.6) is 11.6 Å². The maximum Gasteiger partial charge on any atom is 0.282 e. The van der Waals surface area contributed by atoms with Crippen LogP contribution in [0.15, 0.2) is 24.5 Å². The van der Waals surface area contributed by atoms with Gasteiger partial charge < -0.3 is 24.2 Å². The molecule has 0 radical (unpaired) electrons. The highest BCUT2D eigenvalue weighted by Gasteiger charge is 2.54. The zero-order valence-electron chi connectivity index (χ0n) is 27.4. The van der Waals surface area contributed by atoms with E-state index in [2.05, 4.69) is 64.7 Å². The number of methoxy groups -OCH3 is 1. The van der Waals surface area contributed by atoms with E-state index in [0.717, 1.165) is 45.6 Å². The normalized spacial score (nSPS) is 18.8. The van der Waals surface area contributed by atoms with Crippen molar-refractivity contribution in [2.45, 2.75) is 72.1 Å². The molecule has 1 spiro atoms. The Balaban J connectivity index is 1.50. The number of rotatable bonds is 13. The fourth-order valence-corrected chi connectivity index (χ4v) is 6.62. The Hall–Kier alpha value is -2.89. The number of nitrogens with zero attached hydrogens (tertiary/aromatic N) is 7. The van der Waals surface area contributed by atoms with Crippen molar-refractivity contribution in [1.29, 1.82) is 0 Å². The van der Waals surface area contributed by atoms with Gasteiger partial charge in [0.25, 0.3) is 11.8 Å². The van der Waals surface area contributed by atoms with E-state index >= 15 is 0 Å². The summed E-state index contributed by atoms with van der Waals surface area (Å²) in [5.41, 5.74) is 0.322. The molecule has 238 valence electrons. The fraction of sp³-hybridized carbons (Fsp3) is 0.688. The van der Waals surface area contributed by atoms with E-state index in [4.69, 9.17) is 9.47 Å². The van der Waals surface area contributed by atoms with Crippen LogP contribution in [-0.2, 0) is 4.74 Å². The smallest absolute Gasteiger partial charge is 0.282 e. The van der Waals surface area contributed by atoms with E-state index in [1.807, 2.05) is 27.9 Å². The van der Waals surface area contributed by atoms with Crippen LogP contribution in [0.4, 0.5) is 10.2 Å². The molecule has 2 atom stereocenters. The summed E-state index contributed by atoms with van der Waals surface area (Å²) in [6.07, 6.45) is 3.59. The Morgan fingerprint density at radius 3 is 2.51 bits per heavy atom. The van der Waals surface area contributed by atoms with Crippen LogP contribution in [0.2, 0.25) is 0 Å². The molecule has 43 heavy (non-hydrogen) atoms. The second-order valence-corrected chi connectivity index (χ2v) is 13.4. The third-order valence-corrected chi connectivity index (χ3v) is 9.47. The molecule has 1 unspecified atom stereocenters. The van der Waals surface area contributed by atoms with Gasteiger partial charge in [-0.05, 0) is 78.7 Å². The summed E-state index contributed by atoms with van der Waals surface area (Å²) in [5, 5.41) is 8.22. The van der Waals surface area contributed by atoms with Gasteiger partial charge in [0.2, 0.25) is 0 Å². The summed E-state index contributed by atoms with van der Waals surface area (Å²) >= 11 is 0. The number of amides is 1. The van der Waals surface area contributed by atoms with Crippen molar-refractivity contribution in [1.82, 2.24) is 29.9 Å². The minimum Gasteiger partial charge on any atom is -0.434 e. The lowest BCUT2D eigenvalue weighted by atomic mass is 9.71. The number of likely N-dealkylation sites (tertiary alicyclic amines) is 1. The number of benzene rings is 1. The molecule has 2 aliphatic heterocycles. The number of hydrogen-bond donors (Lipinski definition) is 0. The highest BCUT2D eigenvalue weighted by molar-refractivity contribution is 5.97. The van der Waals surface area contributed by atoms with Crippen molar-refractivity contribution in [3.8, 4) is 11.6 Å². The molecule has 1 amide bonds. The Morgan fingerprint density at radius 2 is 1.91 bits per heavy atom. The quantitative estimate of drug-likeness (QED) is 0.329. The summed E-state index contributed by atoms with van der Waals surface area (Å²) in [7, 11) is 5.99. The first kappa shape index (κ1) is 33.0. The van der Waals surface area contributed by atoms with Crippen molar-refractivity contribution in [2.24, 2.45) is 11.3 Å². The third-order valence-electron chi connectivity index (χ3n) is 9.47. The molecule has 4 rings (SSSR count). The lowest BCUT2D eigenvalue weighted by molar-refractivity contribution is -0.102. The Kier molecular flexibility index (Phi) is 10.3. The van der Waals surface area contributed by atoms with E-state index in [-0.39, 0.29) is 46.2 Å². The number of ether oxygens (including phenoxy) is 2. The van der Waals surface area contributed by atoms with E-state index in [1.54, 1.807) is 4.90 Å². The first-order valence-corrected chi connectivity index (χ1v) is 15.5. The lowest BCUT2D eigenvalue weighted by Gasteiger charge is -2.58.